The second kappa shape index (κ2) is 8.03. The molecule has 2 atom stereocenters. The smallest absolute Gasteiger partial charge is 0.235 e. The van der Waals surface area contributed by atoms with Gasteiger partial charge in [-0.1, -0.05) is 19.3 Å². The van der Waals surface area contributed by atoms with Crippen molar-refractivity contribution < 1.29 is 14.3 Å². The van der Waals surface area contributed by atoms with Gasteiger partial charge in [0, 0.05) is 6.04 Å². The molecule has 1 aliphatic heterocycles. The molecule has 1 saturated heterocycles. The lowest BCUT2D eigenvalue weighted by atomic mass is 9.83. The molecule has 1 saturated carbocycles. The number of nitriles is 1. The van der Waals surface area contributed by atoms with Crippen molar-refractivity contribution in [3.05, 3.63) is 24.2 Å². The Kier molecular flexibility index (Phi) is 5.77. The highest BCUT2D eigenvalue weighted by Gasteiger charge is 2.35. The summed E-state index contributed by atoms with van der Waals surface area (Å²) in [5.74, 6) is 0.491. The molecule has 0 spiro atoms. The van der Waals surface area contributed by atoms with Crippen molar-refractivity contribution >= 4 is 5.91 Å². The fourth-order valence-electron chi connectivity index (χ4n) is 4.14. The summed E-state index contributed by atoms with van der Waals surface area (Å²) < 4.78 is 5.27. The molecule has 1 amide bonds. The molecule has 1 aromatic heterocycles. The number of nitrogens with zero attached hydrogens (tertiary/aromatic N) is 2. The van der Waals surface area contributed by atoms with Gasteiger partial charge in [-0.15, -0.1) is 0 Å². The molecule has 2 aliphatic rings. The molecule has 2 heterocycles. The van der Waals surface area contributed by atoms with Gasteiger partial charge in [-0.2, -0.15) is 5.26 Å². The first-order chi connectivity index (χ1) is 12.1. The van der Waals surface area contributed by atoms with E-state index < -0.39 is 11.6 Å². The zero-order valence-electron chi connectivity index (χ0n) is 14.6. The lowest BCUT2D eigenvalue weighted by molar-refractivity contribution is -0.124. The Morgan fingerprint density at radius 2 is 2.24 bits per heavy atom. The van der Waals surface area contributed by atoms with Gasteiger partial charge in [0.05, 0.1) is 18.9 Å². The molecule has 3 rings (SSSR count). The Labute approximate surface area is 148 Å². The van der Waals surface area contributed by atoms with Crippen LogP contribution in [0.2, 0.25) is 0 Å². The molecular formula is C19H27N3O3. The van der Waals surface area contributed by atoms with Crippen molar-refractivity contribution in [3.8, 4) is 6.07 Å². The second-order valence-electron chi connectivity index (χ2n) is 7.34. The predicted octanol–water partition coefficient (Wildman–Crippen LogP) is 2.51. The Balaban J connectivity index is 1.54. The number of carbonyl (C=O) groups excluding carboxylic acids is 1. The van der Waals surface area contributed by atoms with Crippen LogP contribution in [0, 0.1) is 11.3 Å². The number of nitrogens with one attached hydrogen (secondary N) is 1. The van der Waals surface area contributed by atoms with Crippen LogP contribution in [0.4, 0.5) is 0 Å². The van der Waals surface area contributed by atoms with Gasteiger partial charge >= 0.3 is 0 Å². The molecule has 2 N–H and O–H groups in total. The van der Waals surface area contributed by atoms with Crippen LogP contribution in [0.3, 0.4) is 0 Å². The first-order valence-corrected chi connectivity index (χ1v) is 9.30. The van der Waals surface area contributed by atoms with Crippen LogP contribution in [0.25, 0.3) is 0 Å². The summed E-state index contributed by atoms with van der Waals surface area (Å²) in [6, 6.07) is 6.04. The number of hydrogen-bond acceptors (Lipinski definition) is 5. The first kappa shape index (κ1) is 18.0. The van der Waals surface area contributed by atoms with Gasteiger partial charge < -0.3 is 14.8 Å². The van der Waals surface area contributed by atoms with Crippen LogP contribution < -0.4 is 5.32 Å². The number of carbonyl (C=O) groups is 1. The van der Waals surface area contributed by atoms with E-state index in [-0.39, 0.29) is 11.9 Å². The maximum atomic E-state index is 12.5. The molecular weight excluding hydrogens is 318 g/mol. The van der Waals surface area contributed by atoms with E-state index >= 15 is 0 Å². The zero-order chi connectivity index (χ0) is 17.7. The molecule has 1 aromatic rings. The van der Waals surface area contributed by atoms with E-state index in [4.69, 9.17) is 4.42 Å². The fourth-order valence-corrected chi connectivity index (χ4v) is 4.14. The maximum absolute atomic E-state index is 12.5. The molecule has 0 radical (unpaired) electrons. The molecule has 1 aliphatic carbocycles. The molecule has 25 heavy (non-hydrogen) atoms. The van der Waals surface area contributed by atoms with Gasteiger partial charge in [-0.3, -0.25) is 9.69 Å². The number of amides is 1. The normalized spacial score (nSPS) is 24.6. The van der Waals surface area contributed by atoms with Crippen molar-refractivity contribution in [3.63, 3.8) is 0 Å². The second-order valence-corrected chi connectivity index (χ2v) is 7.34. The van der Waals surface area contributed by atoms with E-state index in [0.29, 0.717) is 18.7 Å². The van der Waals surface area contributed by atoms with E-state index in [0.717, 1.165) is 51.5 Å². The average molecular weight is 345 g/mol. The quantitative estimate of drug-likeness (QED) is 0.827. The molecule has 6 nitrogen and oxygen atoms in total. The van der Waals surface area contributed by atoms with E-state index in [9.17, 15) is 15.2 Å². The highest BCUT2D eigenvalue weighted by Crippen LogP contribution is 2.29. The molecule has 6 heteroatoms. The largest absolute Gasteiger partial charge is 0.467 e. The third-order valence-electron chi connectivity index (χ3n) is 5.51. The van der Waals surface area contributed by atoms with Crippen molar-refractivity contribution in [1.82, 2.24) is 10.2 Å². The Bertz CT molecular complexity index is 602. The first-order valence-electron chi connectivity index (χ1n) is 9.30. The monoisotopic (exact) mass is 345 g/mol. The van der Waals surface area contributed by atoms with Crippen LogP contribution in [0.15, 0.2) is 22.8 Å². The standard InChI is InChI=1S/C19H27N3O3/c20-14-19(8-2-1-3-9-19)21-18(24)13-22-10-4-6-15(22)12-16(23)17-7-5-11-25-17/h5,7,11,15-16,23H,1-4,6,8-10,12-13H2,(H,21,24). The highest BCUT2D eigenvalue weighted by molar-refractivity contribution is 5.79. The van der Waals surface area contributed by atoms with E-state index in [2.05, 4.69) is 16.3 Å². The Hall–Kier alpha value is -1.84. The maximum Gasteiger partial charge on any atom is 0.235 e. The summed E-state index contributed by atoms with van der Waals surface area (Å²) in [5.41, 5.74) is -0.682. The Morgan fingerprint density at radius 1 is 1.44 bits per heavy atom. The zero-order valence-corrected chi connectivity index (χ0v) is 14.6. The summed E-state index contributed by atoms with van der Waals surface area (Å²) in [5, 5.41) is 22.8. The third kappa shape index (κ3) is 4.42. The van der Waals surface area contributed by atoms with E-state index in [1.165, 1.54) is 0 Å². The minimum absolute atomic E-state index is 0.0807. The van der Waals surface area contributed by atoms with E-state index in [1.807, 2.05) is 0 Å². The summed E-state index contributed by atoms with van der Waals surface area (Å²) >= 11 is 0. The van der Waals surface area contributed by atoms with Crippen LogP contribution in [-0.2, 0) is 4.79 Å². The van der Waals surface area contributed by atoms with Crippen LogP contribution in [0.1, 0.15) is 63.2 Å². The third-order valence-corrected chi connectivity index (χ3v) is 5.51. The van der Waals surface area contributed by atoms with Crippen LogP contribution in [-0.4, -0.2) is 40.6 Å². The van der Waals surface area contributed by atoms with Gasteiger partial charge in [-0.25, -0.2) is 0 Å². The average Bonchev–Trinajstić information content (AvgIpc) is 3.28. The van der Waals surface area contributed by atoms with Crippen molar-refractivity contribution in [2.45, 2.75) is 69.1 Å². The fraction of sp³-hybridized carbons (Fsp3) is 0.684. The number of rotatable bonds is 6. The van der Waals surface area contributed by atoms with Gasteiger partial charge in [-0.05, 0) is 50.8 Å². The number of aliphatic hydroxyl groups excluding tert-OH is 1. The van der Waals surface area contributed by atoms with Gasteiger partial charge in [0.25, 0.3) is 0 Å². The van der Waals surface area contributed by atoms with Crippen molar-refractivity contribution in [2.75, 3.05) is 13.1 Å². The van der Waals surface area contributed by atoms with Gasteiger partial charge in [0.15, 0.2) is 0 Å². The summed E-state index contributed by atoms with van der Waals surface area (Å²) in [7, 11) is 0. The number of likely N-dealkylation sites (tertiary alicyclic amines) is 1. The minimum atomic E-state index is -0.682. The SMILES string of the molecule is N#CC1(NC(=O)CN2CCCC2CC(O)c2ccco2)CCCCC1. The molecule has 136 valence electrons. The lowest BCUT2D eigenvalue weighted by Gasteiger charge is -2.33. The molecule has 2 fully saturated rings. The summed E-state index contributed by atoms with van der Waals surface area (Å²) in [4.78, 5) is 14.6. The Morgan fingerprint density at radius 3 is 2.92 bits per heavy atom. The summed E-state index contributed by atoms with van der Waals surface area (Å²) in [6.45, 7) is 1.14. The van der Waals surface area contributed by atoms with Gasteiger partial charge in [0.1, 0.15) is 17.4 Å². The van der Waals surface area contributed by atoms with Crippen molar-refractivity contribution in [1.29, 1.82) is 5.26 Å². The van der Waals surface area contributed by atoms with Crippen molar-refractivity contribution in [2.24, 2.45) is 0 Å². The number of aliphatic hydroxyl groups is 1. The topological polar surface area (TPSA) is 89.5 Å². The molecule has 0 aromatic carbocycles. The lowest BCUT2D eigenvalue weighted by Crippen LogP contribution is -2.52. The predicted molar refractivity (Wildman–Crippen MR) is 92.5 cm³/mol. The molecule has 2 unspecified atom stereocenters. The molecule has 0 bridgehead atoms. The van der Waals surface area contributed by atoms with Crippen LogP contribution >= 0.6 is 0 Å². The minimum Gasteiger partial charge on any atom is -0.467 e. The number of hydrogen-bond donors (Lipinski definition) is 2. The van der Waals surface area contributed by atoms with Crippen LogP contribution in [0.5, 0.6) is 0 Å². The highest BCUT2D eigenvalue weighted by atomic mass is 16.4. The summed E-state index contributed by atoms with van der Waals surface area (Å²) in [6.07, 6.45) is 8.08. The van der Waals surface area contributed by atoms with E-state index in [1.54, 1.807) is 18.4 Å². The van der Waals surface area contributed by atoms with Gasteiger partial charge in [0.2, 0.25) is 5.91 Å². The number of furan rings is 1.